The molecule has 0 unspecified atom stereocenters. The van der Waals surface area contributed by atoms with Crippen LogP contribution in [0.15, 0.2) is 34.8 Å². The van der Waals surface area contributed by atoms with Crippen LogP contribution in [-0.4, -0.2) is 47.8 Å². The van der Waals surface area contributed by atoms with Crippen molar-refractivity contribution in [3.63, 3.8) is 0 Å². The van der Waals surface area contributed by atoms with E-state index in [0.717, 1.165) is 11.4 Å². The van der Waals surface area contributed by atoms with Gasteiger partial charge >= 0.3 is 0 Å². The fourth-order valence-corrected chi connectivity index (χ4v) is 3.27. The summed E-state index contributed by atoms with van der Waals surface area (Å²) in [5, 5.41) is 0. The molecule has 6 nitrogen and oxygen atoms in total. The van der Waals surface area contributed by atoms with Crippen LogP contribution in [-0.2, 0) is 0 Å². The number of halogens is 1. The van der Waals surface area contributed by atoms with E-state index in [2.05, 4.69) is 15.9 Å². The third-order valence-electron chi connectivity index (χ3n) is 4.24. The lowest BCUT2D eigenvalue weighted by atomic mass is 10.1. The first-order chi connectivity index (χ1) is 13.9. The Morgan fingerprint density at radius 1 is 0.966 bits per heavy atom. The zero-order chi connectivity index (χ0) is 21.6. The Labute approximate surface area is 180 Å². The molecule has 156 valence electrons. The molecule has 2 aromatic carbocycles. The predicted molar refractivity (Wildman–Crippen MR) is 119 cm³/mol. The molecule has 0 aliphatic carbocycles. The lowest BCUT2D eigenvalue weighted by molar-refractivity contribution is 0.104. The van der Waals surface area contributed by atoms with Crippen molar-refractivity contribution in [1.29, 1.82) is 0 Å². The van der Waals surface area contributed by atoms with Gasteiger partial charge in [-0.05, 0) is 53.2 Å². The van der Waals surface area contributed by atoms with Crippen LogP contribution in [0.1, 0.15) is 22.8 Å². The highest BCUT2D eigenvalue weighted by Gasteiger charge is 2.16. The average molecular weight is 464 g/mol. The van der Waals surface area contributed by atoms with Crippen LogP contribution in [0.5, 0.6) is 23.0 Å². The van der Waals surface area contributed by atoms with Crippen molar-refractivity contribution in [3.05, 3.63) is 45.9 Å². The molecule has 0 heterocycles. The van der Waals surface area contributed by atoms with Gasteiger partial charge in [0, 0.05) is 31.3 Å². The third-order valence-corrected chi connectivity index (χ3v) is 4.83. The van der Waals surface area contributed by atoms with Gasteiger partial charge in [-0.3, -0.25) is 4.79 Å². The summed E-state index contributed by atoms with van der Waals surface area (Å²) in [6.45, 7) is 2.48. The maximum absolute atomic E-state index is 13.0. The number of carbonyl (C=O) groups is 1. The van der Waals surface area contributed by atoms with Crippen molar-refractivity contribution in [3.8, 4) is 23.0 Å². The summed E-state index contributed by atoms with van der Waals surface area (Å²) in [6, 6.07) is 8.85. The number of hydrogen-bond donors (Lipinski definition) is 0. The largest absolute Gasteiger partial charge is 0.496 e. The first-order valence-corrected chi connectivity index (χ1v) is 9.81. The number of nitrogens with zero attached hydrogens (tertiary/aromatic N) is 1. The van der Waals surface area contributed by atoms with Crippen LogP contribution in [0, 0.1) is 0 Å². The summed E-state index contributed by atoms with van der Waals surface area (Å²) >= 11 is 3.41. The quantitative estimate of drug-likeness (QED) is 0.393. The third kappa shape index (κ3) is 5.23. The zero-order valence-corrected chi connectivity index (χ0v) is 19.1. The average Bonchev–Trinajstić information content (AvgIpc) is 2.73. The Morgan fingerprint density at radius 3 is 2.14 bits per heavy atom. The Kier molecular flexibility index (Phi) is 7.96. The van der Waals surface area contributed by atoms with Crippen molar-refractivity contribution in [1.82, 2.24) is 0 Å². The Balaban J connectivity index is 2.44. The number of rotatable bonds is 9. The Hall–Kier alpha value is -2.67. The van der Waals surface area contributed by atoms with Crippen LogP contribution in [0.2, 0.25) is 0 Å². The van der Waals surface area contributed by atoms with Crippen LogP contribution >= 0.6 is 15.9 Å². The number of ketones is 1. The second-order valence-electron chi connectivity index (χ2n) is 6.28. The molecule has 0 aliphatic heterocycles. The molecule has 0 radical (unpaired) electrons. The van der Waals surface area contributed by atoms with E-state index in [-0.39, 0.29) is 5.78 Å². The standard InChI is InChI=1S/C22H26BrNO5/c1-7-29-18-9-8-14(11-17(18)24(2)3)22(25)16(23)10-15-12-20(27-5)21(28-6)13-19(15)26-4/h8-13H,7H2,1-6H3. The lowest BCUT2D eigenvalue weighted by Gasteiger charge is -2.18. The summed E-state index contributed by atoms with van der Waals surface area (Å²) in [6.07, 6.45) is 1.70. The van der Waals surface area contributed by atoms with Gasteiger partial charge in [0.2, 0.25) is 0 Å². The molecule has 2 rings (SSSR count). The number of methoxy groups -OCH3 is 3. The van der Waals surface area contributed by atoms with Crippen molar-refractivity contribution in [2.75, 3.05) is 46.9 Å². The van der Waals surface area contributed by atoms with Crippen molar-refractivity contribution < 1.29 is 23.7 Å². The molecule has 0 spiro atoms. The van der Waals surface area contributed by atoms with Crippen molar-refractivity contribution >= 4 is 33.5 Å². The Bertz CT molecular complexity index is 908. The van der Waals surface area contributed by atoms with Gasteiger partial charge in [0.15, 0.2) is 17.3 Å². The number of anilines is 1. The molecule has 0 atom stereocenters. The molecule has 29 heavy (non-hydrogen) atoms. The molecular formula is C22H26BrNO5. The lowest BCUT2D eigenvalue weighted by Crippen LogP contribution is -2.12. The van der Waals surface area contributed by atoms with Crippen LogP contribution in [0.3, 0.4) is 0 Å². The van der Waals surface area contributed by atoms with Gasteiger partial charge in [0.05, 0.1) is 38.1 Å². The molecular weight excluding hydrogens is 438 g/mol. The molecule has 0 fully saturated rings. The summed E-state index contributed by atoms with van der Waals surface area (Å²) in [5.41, 5.74) is 2.06. The number of Topliss-reactive ketones (excluding diaryl/α,β-unsaturated/α-hetero) is 1. The number of carbonyl (C=O) groups excluding carboxylic acids is 1. The van der Waals surface area contributed by atoms with Crippen LogP contribution in [0.25, 0.3) is 6.08 Å². The van der Waals surface area contributed by atoms with Gasteiger partial charge in [0.25, 0.3) is 0 Å². The van der Waals surface area contributed by atoms with E-state index in [0.29, 0.717) is 39.5 Å². The summed E-state index contributed by atoms with van der Waals surface area (Å²) < 4.78 is 22.1. The van der Waals surface area contributed by atoms with Crippen molar-refractivity contribution in [2.45, 2.75) is 6.92 Å². The van der Waals surface area contributed by atoms with E-state index in [1.165, 1.54) is 0 Å². The second-order valence-corrected chi connectivity index (χ2v) is 7.13. The normalized spacial score (nSPS) is 11.1. The van der Waals surface area contributed by atoms with E-state index in [1.807, 2.05) is 38.1 Å². The minimum absolute atomic E-state index is 0.159. The van der Waals surface area contributed by atoms with E-state index < -0.39 is 0 Å². The van der Waals surface area contributed by atoms with Gasteiger partial charge in [-0.2, -0.15) is 0 Å². The SMILES string of the molecule is CCOc1ccc(C(=O)C(Br)=Cc2cc(OC)c(OC)cc2OC)cc1N(C)C. The number of benzene rings is 2. The van der Waals surface area contributed by atoms with E-state index in [9.17, 15) is 4.79 Å². The molecule has 0 saturated heterocycles. The maximum atomic E-state index is 13.0. The summed E-state index contributed by atoms with van der Waals surface area (Å²) in [5.74, 6) is 2.23. The molecule has 7 heteroatoms. The number of ether oxygens (including phenoxy) is 4. The van der Waals surface area contributed by atoms with Gasteiger partial charge in [0.1, 0.15) is 11.5 Å². The minimum Gasteiger partial charge on any atom is -0.496 e. The van der Waals surface area contributed by atoms with E-state index >= 15 is 0 Å². The van der Waals surface area contributed by atoms with Crippen LogP contribution < -0.4 is 23.8 Å². The van der Waals surface area contributed by atoms with Gasteiger partial charge < -0.3 is 23.8 Å². The van der Waals surface area contributed by atoms with E-state index in [4.69, 9.17) is 18.9 Å². The first kappa shape index (κ1) is 22.6. The monoisotopic (exact) mass is 463 g/mol. The fourth-order valence-electron chi connectivity index (χ4n) is 2.79. The highest BCUT2D eigenvalue weighted by atomic mass is 79.9. The molecule has 0 N–H and O–H groups in total. The highest BCUT2D eigenvalue weighted by molar-refractivity contribution is 9.12. The maximum Gasteiger partial charge on any atom is 0.200 e. The summed E-state index contributed by atoms with van der Waals surface area (Å²) in [7, 11) is 8.49. The summed E-state index contributed by atoms with van der Waals surface area (Å²) in [4.78, 5) is 14.9. The fraction of sp³-hybridized carbons (Fsp3) is 0.318. The van der Waals surface area contributed by atoms with Crippen LogP contribution in [0.4, 0.5) is 5.69 Å². The van der Waals surface area contributed by atoms with Gasteiger partial charge in [-0.1, -0.05) is 0 Å². The number of hydrogen-bond acceptors (Lipinski definition) is 6. The molecule has 0 saturated carbocycles. The van der Waals surface area contributed by atoms with E-state index in [1.54, 1.807) is 45.6 Å². The first-order valence-electron chi connectivity index (χ1n) is 9.02. The zero-order valence-electron chi connectivity index (χ0n) is 17.5. The molecule has 0 amide bonds. The second kappa shape index (κ2) is 10.2. The van der Waals surface area contributed by atoms with Gasteiger partial charge in [-0.15, -0.1) is 0 Å². The number of allylic oxidation sites excluding steroid dienone is 1. The Morgan fingerprint density at radius 2 is 1.59 bits per heavy atom. The molecule has 0 aliphatic rings. The molecule has 2 aromatic rings. The van der Waals surface area contributed by atoms with Crippen molar-refractivity contribution in [2.24, 2.45) is 0 Å². The molecule has 0 bridgehead atoms. The predicted octanol–water partition coefficient (Wildman–Crippen LogP) is 4.80. The molecule has 0 aromatic heterocycles. The van der Waals surface area contributed by atoms with Gasteiger partial charge in [-0.25, -0.2) is 0 Å². The highest BCUT2D eigenvalue weighted by Crippen LogP contribution is 2.37. The smallest absolute Gasteiger partial charge is 0.200 e. The minimum atomic E-state index is -0.159. The topological polar surface area (TPSA) is 57.2 Å².